The third kappa shape index (κ3) is 2.15. The second-order valence-electron chi connectivity index (χ2n) is 4.09. The molecule has 2 N–H and O–H groups in total. The first-order chi connectivity index (χ1) is 8.46. The van der Waals surface area contributed by atoms with Gasteiger partial charge in [-0.1, -0.05) is 0 Å². The molecule has 2 heterocycles. The van der Waals surface area contributed by atoms with Crippen LogP contribution in [0.5, 0.6) is 0 Å². The van der Waals surface area contributed by atoms with E-state index < -0.39 is 24.0 Å². The van der Waals surface area contributed by atoms with Crippen molar-refractivity contribution in [1.29, 1.82) is 0 Å². The van der Waals surface area contributed by atoms with Crippen LogP contribution in [0.15, 0.2) is 18.7 Å². The Morgan fingerprint density at radius 2 is 2.06 bits per heavy atom. The number of halogens is 3. The second kappa shape index (κ2) is 4.52. The molecule has 1 atom stereocenters. The van der Waals surface area contributed by atoms with E-state index in [-0.39, 0.29) is 18.7 Å². The minimum atomic E-state index is -4.59. The van der Waals surface area contributed by atoms with Gasteiger partial charge in [-0.15, -0.1) is 0 Å². The minimum absolute atomic E-state index is 0.151. The maximum absolute atomic E-state index is 13.0. The molecule has 1 saturated heterocycles. The number of aromatic nitrogens is 2. The van der Waals surface area contributed by atoms with Crippen molar-refractivity contribution in [2.45, 2.75) is 12.6 Å². The molecule has 0 aromatic carbocycles. The van der Waals surface area contributed by atoms with E-state index in [9.17, 15) is 18.0 Å². The normalized spacial score (nSPS) is 23.9. The Bertz CT molecular complexity index is 428. The van der Waals surface area contributed by atoms with Crippen LogP contribution in [0.2, 0.25) is 0 Å². The zero-order valence-electron chi connectivity index (χ0n) is 9.29. The quantitative estimate of drug-likeness (QED) is 0.831. The Kier molecular flexibility index (Phi) is 3.20. The first kappa shape index (κ1) is 12.7. The van der Waals surface area contributed by atoms with Gasteiger partial charge in [0.05, 0.1) is 18.1 Å². The number of carbonyl (C=O) groups excluding carboxylic acids is 1. The lowest BCUT2D eigenvalue weighted by Crippen LogP contribution is -2.49. The monoisotopic (exact) mass is 260 g/mol. The summed E-state index contributed by atoms with van der Waals surface area (Å²) in [6.07, 6.45) is -1.13. The van der Waals surface area contributed by atoms with Crippen molar-refractivity contribution in [1.82, 2.24) is 15.3 Å². The fourth-order valence-corrected chi connectivity index (χ4v) is 1.87. The molecule has 2 rings (SSSR count). The van der Waals surface area contributed by atoms with E-state index in [1.54, 1.807) is 0 Å². The Morgan fingerprint density at radius 3 is 2.56 bits per heavy atom. The largest absolute Gasteiger partial charge is 0.404 e. The maximum Gasteiger partial charge on any atom is 0.404 e. The SMILES string of the molecule is O=C(Nc1cncnc1)C1(C(F)(F)F)CCNC1. The van der Waals surface area contributed by atoms with Crippen LogP contribution < -0.4 is 10.6 Å². The molecule has 1 aromatic heterocycles. The number of rotatable bonds is 2. The van der Waals surface area contributed by atoms with Crippen molar-refractivity contribution in [2.24, 2.45) is 5.41 Å². The highest BCUT2D eigenvalue weighted by Gasteiger charge is 2.61. The summed E-state index contributed by atoms with van der Waals surface area (Å²) in [6, 6.07) is 0. The molecule has 1 aliphatic heterocycles. The number of alkyl halides is 3. The van der Waals surface area contributed by atoms with E-state index in [2.05, 4.69) is 20.6 Å². The van der Waals surface area contributed by atoms with E-state index >= 15 is 0 Å². The Morgan fingerprint density at radius 1 is 1.39 bits per heavy atom. The lowest BCUT2D eigenvalue weighted by atomic mass is 9.85. The van der Waals surface area contributed by atoms with Gasteiger partial charge in [-0.05, 0) is 13.0 Å². The van der Waals surface area contributed by atoms with Gasteiger partial charge in [0.2, 0.25) is 5.91 Å². The summed E-state index contributed by atoms with van der Waals surface area (Å²) in [6.45, 7) is -0.242. The predicted octanol–water partition coefficient (Wildman–Crippen LogP) is 0.957. The zero-order chi connectivity index (χ0) is 13.2. The highest BCUT2D eigenvalue weighted by molar-refractivity contribution is 5.96. The summed E-state index contributed by atoms with van der Waals surface area (Å²) < 4.78 is 39.1. The van der Waals surface area contributed by atoms with E-state index in [1.165, 1.54) is 18.7 Å². The predicted molar refractivity (Wildman–Crippen MR) is 56.6 cm³/mol. The number of hydrogen-bond donors (Lipinski definition) is 2. The average molecular weight is 260 g/mol. The molecular formula is C10H11F3N4O. The van der Waals surface area contributed by atoms with Gasteiger partial charge < -0.3 is 10.6 Å². The van der Waals surface area contributed by atoms with Gasteiger partial charge in [0, 0.05) is 6.54 Å². The van der Waals surface area contributed by atoms with Crippen LogP contribution in [0, 0.1) is 5.41 Å². The summed E-state index contributed by atoms with van der Waals surface area (Å²) in [5.41, 5.74) is -2.22. The smallest absolute Gasteiger partial charge is 0.323 e. The molecule has 5 nitrogen and oxygen atoms in total. The van der Waals surface area contributed by atoms with Crippen molar-refractivity contribution in [3.8, 4) is 0 Å². The van der Waals surface area contributed by atoms with Gasteiger partial charge >= 0.3 is 6.18 Å². The maximum atomic E-state index is 13.0. The number of nitrogens with one attached hydrogen (secondary N) is 2. The van der Waals surface area contributed by atoms with Crippen molar-refractivity contribution in [3.63, 3.8) is 0 Å². The van der Waals surface area contributed by atoms with Crippen LogP contribution >= 0.6 is 0 Å². The summed E-state index contributed by atoms with van der Waals surface area (Å²) in [5, 5.41) is 4.78. The third-order valence-corrected chi connectivity index (χ3v) is 2.95. The first-order valence-corrected chi connectivity index (χ1v) is 5.30. The van der Waals surface area contributed by atoms with Gasteiger partial charge in [-0.3, -0.25) is 4.79 Å². The van der Waals surface area contributed by atoms with Crippen LogP contribution in [0.3, 0.4) is 0 Å². The number of amides is 1. The minimum Gasteiger partial charge on any atom is -0.323 e. The highest BCUT2D eigenvalue weighted by atomic mass is 19.4. The lowest BCUT2D eigenvalue weighted by molar-refractivity contribution is -0.213. The molecule has 98 valence electrons. The topological polar surface area (TPSA) is 66.9 Å². The zero-order valence-corrected chi connectivity index (χ0v) is 9.29. The van der Waals surface area contributed by atoms with E-state index in [0.717, 1.165) is 0 Å². The van der Waals surface area contributed by atoms with Gasteiger partial charge in [0.15, 0.2) is 5.41 Å². The molecule has 0 aliphatic carbocycles. The Labute approximate surface area is 101 Å². The highest BCUT2D eigenvalue weighted by Crippen LogP contribution is 2.43. The molecule has 1 unspecified atom stereocenters. The number of anilines is 1. The molecule has 8 heteroatoms. The van der Waals surface area contributed by atoms with Crippen molar-refractivity contribution >= 4 is 11.6 Å². The fraction of sp³-hybridized carbons (Fsp3) is 0.500. The Balaban J connectivity index is 2.20. The van der Waals surface area contributed by atoms with Crippen LogP contribution in [0.4, 0.5) is 18.9 Å². The number of nitrogens with zero attached hydrogens (tertiary/aromatic N) is 2. The summed E-state index contributed by atoms with van der Waals surface area (Å²) in [5.74, 6) is -1.07. The van der Waals surface area contributed by atoms with Crippen molar-refractivity contribution in [3.05, 3.63) is 18.7 Å². The van der Waals surface area contributed by atoms with Crippen LogP contribution in [0.25, 0.3) is 0 Å². The summed E-state index contributed by atoms with van der Waals surface area (Å²) in [4.78, 5) is 19.1. The van der Waals surface area contributed by atoms with Crippen LogP contribution in [-0.2, 0) is 4.79 Å². The molecule has 0 spiro atoms. The molecule has 18 heavy (non-hydrogen) atoms. The van der Waals surface area contributed by atoms with E-state index in [4.69, 9.17) is 0 Å². The Hall–Kier alpha value is -1.70. The first-order valence-electron chi connectivity index (χ1n) is 5.30. The van der Waals surface area contributed by atoms with Gasteiger partial charge in [-0.25, -0.2) is 9.97 Å². The lowest BCUT2D eigenvalue weighted by Gasteiger charge is -2.29. The van der Waals surface area contributed by atoms with Gasteiger partial charge in [-0.2, -0.15) is 13.2 Å². The molecule has 1 fully saturated rings. The number of hydrogen-bond acceptors (Lipinski definition) is 4. The third-order valence-electron chi connectivity index (χ3n) is 2.95. The molecule has 0 radical (unpaired) electrons. The van der Waals surface area contributed by atoms with Crippen LogP contribution in [-0.4, -0.2) is 35.1 Å². The molecule has 0 saturated carbocycles. The van der Waals surface area contributed by atoms with Crippen molar-refractivity contribution in [2.75, 3.05) is 18.4 Å². The summed E-state index contributed by atoms with van der Waals surface area (Å²) >= 11 is 0. The fourth-order valence-electron chi connectivity index (χ4n) is 1.87. The molecule has 1 amide bonds. The van der Waals surface area contributed by atoms with Crippen LogP contribution in [0.1, 0.15) is 6.42 Å². The molecule has 1 aromatic rings. The summed E-state index contributed by atoms with van der Waals surface area (Å²) in [7, 11) is 0. The molecular weight excluding hydrogens is 249 g/mol. The average Bonchev–Trinajstić information content (AvgIpc) is 2.80. The van der Waals surface area contributed by atoms with E-state index in [0.29, 0.717) is 0 Å². The number of carbonyl (C=O) groups is 1. The van der Waals surface area contributed by atoms with Crippen molar-refractivity contribution < 1.29 is 18.0 Å². The second-order valence-corrected chi connectivity index (χ2v) is 4.09. The molecule has 0 bridgehead atoms. The standard InChI is InChI=1S/C10H11F3N4O/c11-10(12,13)9(1-2-14-5-9)8(18)17-7-3-15-6-16-4-7/h3-4,6,14H,1-2,5H2,(H,17,18). The van der Waals surface area contributed by atoms with E-state index in [1.807, 2.05) is 0 Å². The van der Waals surface area contributed by atoms with Gasteiger partial charge in [0.1, 0.15) is 6.33 Å². The molecule has 1 aliphatic rings. The van der Waals surface area contributed by atoms with Gasteiger partial charge in [0.25, 0.3) is 0 Å².